The van der Waals surface area contributed by atoms with Gasteiger partial charge in [0.05, 0.1) is 22.8 Å². The van der Waals surface area contributed by atoms with Crippen LogP contribution in [0.4, 0.5) is 5.82 Å². The maximum atomic E-state index is 12.7. The molecule has 0 radical (unpaired) electrons. The van der Waals surface area contributed by atoms with Gasteiger partial charge < -0.3 is 10.2 Å². The molecule has 156 valence electrons. The van der Waals surface area contributed by atoms with Gasteiger partial charge in [0.2, 0.25) is 5.91 Å². The summed E-state index contributed by atoms with van der Waals surface area (Å²) in [5, 5.41) is 4.95. The van der Waals surface area contributed by atoms with Crippen LogP contribution in [0.5, 0.6) is 0 Å². The van der Waals surface area contributed by atoms with Crippen LogP contribution in [0, 0.1) is 0 Å². The predicted molar refractivity (Wildman–Crippen MR) is 120 cm³/mol. The zero-order chi connectivity index (χ0) is 20.9. The molecule has 1 fully saturated rings. The molecule has 8 heteroatoms. The van der Waals surface area contributed by atoms with E-state index in [1.165, 1.54) is 0 Å². The van der Waals surface area contributed by atoms with Crippen LogP contribution in [0.2, 0.25) is 0 Å². The summed E-state index contributed by atoms with van der Waals surface area (Å²) in [5.74, 6) is 1.02. The Morgan fingerprint density at radius 3 is 2.73 bits per heavy atom. The van der Waals surface area contributed by atoms with E-state index in [-0.39, 0.29) is 5.91 Å². The second-order valence-electron chi connectivity index (χ2n) is 7.65. The van der Waals surface area contributed by atoms with Crippen LogP contribution in [-0.2, 0) is 4.79 Å². The number of anilines is 1. The summed E-state index contributed by atoms with van der Waals surface area (Å²) in [4.78, 5) is 31.8. The first-order valence-corrected chi connectivity index (χ1v) is 11.0. The first kappa shape index (κ1) is 20.6. The Kier molecular flexibility index (Phi) is 6.47. The number of rotatable bonds is 6. The van der Waals surface area contributed by atoms with E-state index in [1.54, 1.807) is 23.6 Å². The Morgan fingerprint density at radius 1 is 1.20 bits per heavy atom. The second kappa shape index (κ2) is 9.42. The number of likely N-dealkylation sites (N-methyl/N-ethyl adjacent to an activating group) is 1. The molecule has 0 bridgehead atoms. The SMILES string of the molecule is CN1CCC(N(C)CC(=O)Nc2cc(-c3ccccn3)nc(-c3cccs3)n2)CC1. The molecule has 7 nitrogen and oxygen atoms in total. The highest BCUT2D eigenvalue weighted by molar-refractivity contribution is 7.13. The lowest BCUT2D eigenvalue weighted by molar-refractivity contribution is -0.117. The first-order chi connectivity index (χ1) is 14.6. The molecule has 0 unspecified atom stereocenters. The number of piperidine rings is 1. The predicted octanol–water partition coefficient (Wildman–Crippen LogP) is 3.23. The van der Waals surface area contributed by atoms with E-state index < -0.39 is 0 Å². The Hall–Kier alpha value is -2.68. The fourth-order valence-corrected chi connectivity index (χ4v) is 4.30. The summed E-state index contributed by atoms with van der Waals surface area (Å²) in [5.41, 5.74) is 1.43. The number of thiophene rings is 1. The largest absolute Gasteiger partial charge is 0.309 e. The van der Waals surface area contributed by atoms with Crippen molar-refractivity contribution in [2.45, 2.75) is 18.9 Å². The topological polar surface area (TPSA) is 74.2 Å². The Bertz CT molecular complexity index is 971. The molecule has 30 heavy (non-hydrogen) atoms. The third-order valence-electron chi connectivity index (χ3n) is 5.37. The summed E-state index contributed by atoms with van der Waals surface area (Å²) in [7, 11) is 4.16. The number of hydrogen-bond acceptors (Lipinski definition) is 7. The number of nitrogens with one attached hydrogen (secondary N) is 1. The quantitative estimate of drug-likeness (QED) is 0.657. The highest BCUT2D eigenvalue weighted by Crippen LogP contribution is 2.26. The normalized spacial score (nSPS) is 15.4. The summed E-state index contributed by atoms with van der Waals surface area (Å²) in [6.45, 7) is 2.48. The zero-order valence-corrected chi connectivity index (χ0v) is 18.1. The van der Waals surface area contributed by atoms with Crippen LogP contribution < -0.4 is 5.32 Å². The molecular formula is C22H26N6OS. The fraction of sp³-hybridized carbons (Fsp3) is 0.364. The van der Waals surface area contributed by atoms with Gasteiger partial charge in [-0.3, -0.25) is 14.7 Å². The molecule has 0 spiro atoms. The average molecular weight is 423 g/mol. The van der Waals surface area contributed by atoms with Crippen molar-refractivity contribution in [3.05, 3.63) is 48.0 Å². The van der Waals surface area contributed by atoms with Gasteiger partial charge in [-0.1, -0.05) is 12.1 Å². The lowest BCUT2D eigenvalue weighted by Crippen LogP contribution is -2.44. The van der Waals surface area contributed by atoms with Gasteiger partial charge in [-0.2, -0.15) is 0 Å². The summed E-state index contributed by atoms with van der Waals surface area (Å²) in [6.07, 6.45) is 3.90. The minimum Gasteiger partial charge on any atom is -0.309 e. The summed E-state index contributed by atoms with van der Waals surface area (Å²) >= 11 is 1.57. The molecule has 1 saturated heterocycles. The van der Waals surface area contributed by atoms with Gasteiger partial charge in [-0.15, -0.1) is 11.3 Å². The van der Waals surface area contributed by atoms with Crippen molar-refractivity contribution in [3.8, 4) is 22.1 Å². The molecule has 3 aromatic heterocycles. The van der Waals surface area contributed by atoms with E-state index in [2.05, 4.69) is 37.1 Å². The van der Waals surface area contributed by atoms with Crippen molar-refractivity contribution in [2.75, 3.05) is 39.0 Å². The van der Waals surface area contributed by atoms with Gasteiger partial charge in [-0.25, -0.2) is 9.97 Å². The van der Waals surface area contributed by atoms with E-state index in [0.717, 1.165) is 36.5 Å². The molecule has 4 rings (SSSR count). The molecule has 4 heterocycles. The van der Waals surface area contributed by atoms with Gasteiger partial charge in [0, 0.05) is 18.3 Å². The van der Waals surface area contributed by atoms with Crippen molar-refractivity contribution < 1.29 is 4.79 Å². The van der Waals surface area contributed by atoms with Crippen LogP contribution in [0.25, 0.3) is 22.1 Å². The number of hydrogen-bond donors (Lipinski definition) is 1. The van der Waals surface area contributed by atoms with Crippen molar-refractivity contribution >= 4 is 23.1 Å². The summed E-state index contributed by atoms with van der Waals surface area (Å²) in [6, 6.07) is 11.8. The van der Waals surface area contributed by atoms with E-state index >= 15 is 0 Å². The molecule has 0 aromatic carbocycles. The Balaban J connectivity index is 1.51. The molecule has 1 N–H and O–H groups in total. The van der Waals surface area contributed by atoms with Crippen molar-refractivity contribution in [2.24, 2.45) is 0 Å². The molecule has 1 amide bonds. The highest BCUT2D eigenvalue weighted by Gasteiger charge is 2.22. The first-order valence-electron chi connectivity index (χ1n) is 10.1. The number of amides is 1. The van der Waals surface area contributed by atoms with Crippen molar-refractivity contribution in [1.29, 1.82) is 0 Å². The third kappa shape index (κ3) is 5.08. The number of aromatic nitrogens is 3. The number of carbonyl (C=O) groups excluding carboxylic acids is 1. The molecule has 1 aliphatic heterocycles. The van der Waals surface area contributed by atoms with Crippen molar-refractivity contribution in [1.82, 2.24) is 24.8 Å². The van der Waals surface area contributed by atoms with E-state index in [4.69, 9.17) is 0 Å². The lowest BCUT2D eigenvalue weighted by atomic mass is 10.0. The highest BCUT2D eigenvalue weighted by atomic mass is 32.1. The smallest absolute Gasteiger partial charge is 0.239 e. The number of carbonyl (C=O) groups is 1. The Morgan fingerprint density at radius 2 is 2.03 bits per heavy atom. The van der Waals surface area contributed by atoms with Crippen LogP contribution in [0.1, 0.15) is 12.8 Å². The van der Waals surface area contributed by atoms with E-state index in [9.17, 15) is 4.79 Å². The monoisotopic (exact) mass is 422 g/mol. The maximum absolute atomic E-state index is 12.7. The second-order valence-corrected chi connectivity index (χ2v) is 8.60. The Labute approximate surface area is 180 Å². The molecule has 0 aliphatic carbocycles. The standard InChI is InChI=1S/C22H26N6OS/c1-27-11-8-16(9-12-27)28(2)15-21(29)25-20-14-18(17-6-3-4-10-23-17)24-22(26-20)19-7-5-13-30-19/h3-7,10,13-14,16H,8-9,11-12,15H2,1-2H3,(H,24,25,26,29). The van der Waals surface area contributed by atoms with Crippen LogP contribution in [-0.4, -0.2) is 70.4 Å². The van der Waals surface area contributed by atoms with Gasteiger partial charge in [0.15, 0.2) is 5.82 Å². The number of nitrogens with zero attached hydrogens (tertiary/aromatic N) is 5. The van der Waals surface area contributed by atoms with Gasteiger partial charge in [0.25, 0.3) is 0 Å². The van der Waals surface area contributed by atoms with Gasteiger partial charge in [-0.05, 0) is 63.6 Å². The van der Waals surface area contributed by atoms with Gasteiger partial charge in [0.1, 0.15) is 5.82 Å². The van der Waals surface area contributed by atoms with Gasteiger partial charge >= 0.3 is 0 Å². The fourth-order valence-electron chi connectivity index (χ4n) is 3.65. The van der Waals surface area contributed by atoms with Crippen LogP contribution in [0.15, 0.2) is 48.0 Å². The third-order valence-corrected chi connectivity index (χ3v) is 6.23. The zero-order valence-electron chi connectivity index (χ0n) is 17.3. The number of pyridine rings is 1. The molecule has 0 atom stereocenters. The van der Waals surface area contributed by atoms with E-state index in [1.807, 2.05) is 42.8 Å². The van der Waals surface area contributed by atoms with Crippen LogP contribution >= 0.6 is 11.3 Å². The minimum absolute atomic E-state index is 0.0702. The molecule has 3 aromatic rings. The maximum Gasteiger partial charge on any atom is 0.239 e. The molecular weight excluding hydrogens is 396 g/mol. The van der Waals surface area contributed by atoms with Crippen LogP contribution in [0.3, 0.4) is 0 Å². The average Bonchev–Trinajstić information content (AvgIpc) is 3.29. The lowest BCUT2D eigenvalue weighted by Gasteiger charge is -2.34. The van der Waals surface area contributed by atoms with E-state index in [0.29, 0.717) is 29.9 Å². The summed E-state index contributed by atoms with van der Waals surface area (Å²) < 4.78 is 0. The molecule has 0 saturated carbocycles. The minimum atomic E-state index is -0.0702. The molecule has 1 aliphatic rings. The van der Waals surface area contributed by atoms with Crippen molar-refractivity contribution in [3.63, 3.8) is 0 Å². The number of likely N-dealkylation sites (tertiary alicyclic amines) is 1.